The van der Waals surface area contributed by atoms with Gasteiger partial charge in [-0.25, -0.2) is 4.98 Å². The highest BCUT2D eigenvalue weighted by Gasteiger charge is 2.20. The number of hydrogen-bond acceptors (Lipinski definition) is 3. The van der Waals surface area contributed by atoms with Gasteiger partial charge in [-0.15, -0.1) is 11.6 Å². The van der Waals surface area contributed by atoms with Gasteiger partial charge < -0.3 is 4.90 Å². The summed E-state index contributed by atoms with van der Waals surface area (Å²) in [4.78, 5) is 11.1. The van der Waals surface area contributed by atoms with Crippen LogP contribution in [0.1, 0.15) is 24.1 Å². The Morgan fingerprint density at radius 3 is 2.57 bits per heavy atom. The number of aromatic nitrogens is 2. The van der Waals surface area contributed by atoms with Gasteiger partial charge in [-0.05, 0) is 30.7 Å². The smallest absolute Gasteiger partial charge is 0.147 e. The van der Waals surface area contributed by atoms with Gasteiger partial charge in [0.1, 0.15) is 5.82 Å². The van der Waals surface area contributed by atoms with Gasteiger partial charge in [0.05, 0.1) is 17.8 Å². The second kappa shape index (κ2) is 6.90. The summed E-state index contributed by atoms with van der Waals surface area (Å²) in [6.45, 7) is 2.11. The van der Waals surface area contributed by atoms with Crippen LogP contribution in [0.5, 0.6) is 0 Å². The van der Waals surface area contributed by atoms with Gasteiger partial charge >= 0.3 is 0 Å². The number of halogens is 1. The maximum Gasteiger partial charge on any atom is 0.147 e. The molecule has 1 fully saturated rings. The van der Waals surface area contributed by atoms with Gasteiger partial charge in [-0.1, -0.05) is 30.3 Å². The maximum atomic E-state index is 5.83. The van der Waals surface area contributed by atoms with Crippen molar-refractivity contribution < 1.29 is 0 Å². The second-order valence-electron chi connectivity index (χ2n) is 5.62. The van der Waals surface area contributed by atoms with E-state index in [0.29, 0.717) is 5.88 Å². The van der Waals surface area contributed by atoms with E-state index in [0.717, 1.165) is 30.5 Å². The normalized spacial score (nSPS) is 16.1. The molecular weight excluding hydrogens is 282 g/mol. The molecule has 0 N–H and O–H groups in total. The van der Waals surface area contributed by atoms with Crippen LogP contribution < -0.4 is 4.90 Å². The third kappa shape index (κ3) is 3.73. The van der Waals surface area contributed by atoms with E-state index in [2.05, 4.69) is 45.2 Å². The molecule has 4 heteroatoms. The molecular formula is C17H20ClN3. The van der Waals surface area contributed by atoms with Crippen LogP contribution in [0.4, 0.5) is 5.82 Å². The number of hydrogen-bond donors (Lipinski definition) is 0. The van der Waals surface area contributed by atoms with E-state index in [1.807, 2.05) is 6.20 Å². The summed E-state index contributed by atoms with van der Waals surface area (Å²) in [5.41, 5.74) is 2.29. The highest BCUT2D eigenvalue weighted by molar-refractivity contribution is 6.16. The average Bonchev–Trinajstić information content (AvgIpc) is 2.56. The van der Waals surface area contributed by atoms with Crippen LogP contribution in [0.3, 0.4) is 0 Å². The van der Waals surface area contributed by atoms with Gasteiger partial charge in [-0.3, -0.25) is 4.98 Å². The zero-order valence-electron chi connectivity index (χ0n) is 12.1. The highest BCUT2D eigenvalue weighted by Crippen LogP contribution is 2.24. The molecule has 3 nitrogen and oxygen atoms in total. The molecule has 1 aliphatic rings. The zero-order valence-corrected chi connectivity index (χ0v) is 12.8. The average molecular weight is 302 g/mol. The fourth-order valence-electron chi connectivity index (χ4n) is 2.93. The van der Waals surface area contributed by atoms with Crippen molar-refractivity contribution in [1.82, 2.24) is 9.97 Å². The molecule has 1 aromatic heterocycles. The van der Waals surface area contributed by atoms with Crippen LogP contribution in [0.25, 0.3) is 0 Å². The summed E-state index contributed by atoms with van der Waals surface area (Å²) >= 11 is 5.83. The van der Waals surface area contributed by atoms with Gasteiger partial charge in [0.15, 0.2) is 0 Å². The minimum atomic E-state index is 0.422. The third-order valence-electron chi connectivity index (χ3n) is 4.11. The van der Waals surface area contributed by atoms with Crippen LogP contribution in [0.2, 0.25) is 0 Å². The van der Waals surface area contributed by atoms with Crippen LogP contribution in [0, 0.1) is 5.92 Å². The summed E-state index contributed by atoms with van der Waals surface area (Å²) < 4.78 is 0. The van der Waals surface area contributed by atoms with E-state index in [1.54, 1.807) is 6.20 Å². The van der Waals surface area contributed by atoms with E-state index in [1.165, 1.54) is 24.8 Å². The SMILES string of the molecule is ClCc1cncc(N2CCC(Cc3ccccc3)CC2)n1. The Morgan fingerprint density at radius 1 is 1.10 bits per heavy atom. The lowest BCUT2D eigenvalue weighted by molar-refractivity contribution is 0.402. The first-order valence-corrected chi connectivity index (χ1v) is 8.04. The van der Waals surface area contributed by atoms with Crippen LogP contribution in [-0.2, 0) is 12.3 Å². The molecule has 0 bridgehead atoms. The number of benzene rings is 1. The summed E-state index contributed by atoms with van der Waals surface area (Å²) in [6.07, 6.45) is 7.18. The van der Waals surface area contributed by atoms with Crippen molar-refractivity contribution in [2.24, 2.45) is 5.92 Å². The van der Waals surface area contributed by atoms with Crippen molar-refractivity contribution in [3.8, 4) is 0 Å². The first kappa shape index (κ1) is 14.3. The second-order valence-corrected chi connectivity index (χ2v) is 5.89. The van der Waals surface area contributed by atoms with Crippen LogP contribution in [0.15, 0.2) is 42.7 Å². The largest absolute Gasteiger partial charge is 0.355 e. The van der Waals surface area contributed by atoms with E-state index in [-0.39, 0.29) is 0 Å². The first-order valence-electron chi connectivity index (χ1n) is 7.51. The molecule has 0 spiro atoms. The molecule has 1 aliphatic heterocycles. The molecule has 21 heavy (non-hydrogen) atoms. The molecule has 0 saturated carbocycles. The maximum absolute atomic E-state index is 5.83. The minimum Gasteiger partial charge on any atom is -0.355 e. The topological polar surface area (TPSA) is 29.0 Å². The fraction of sp³-hybridized carbons (Fsp3) is 0.412. The van der Waals surface area contributed by atoms with Crippen molar-refractivity contribution in [1.29, 1.82) is 0 Å². The van der Waals surface area contributed by atoms with Gasteiger partial charge in [-0.2, -0.15) is 0 Å². The number of anilines is 1. The molecule has 2 heterocycles. The molecule has 0 amide bonds. The predicted octanol–water partition coefficient (Wildman–Crippen LogP) is 3.67. The Balaban J connectivity index is 1.57. The number of piperidine rings is 1. The number of rotatable bonds is 4. The van der Waals surface area contributed by atoms with Gasteiger partial charge in [0.25, 0.3) is 0 Å². The van der Waals surface area contributed by atoms with E-state index >= 15 is 0 Å². The third-order valence-corrected chi connectivity index (χ3v) is 4.39. The molecule has 1 aromatic carbocycles. The molecule has 0 radical (unpaired) electrons. The number of alkyl halides is 1. The van der Waals surface area contributed by atoms with Crippen molar-refractivity contribution in [2.45, 2.75) is 25.1 Å². The molecule has 3 rings (SSSR count). The van der Waals surface area contributed by atoms with Gasteiger partial charge in [0.2, 0.25) is 0 Å². The lowest BCUT2D eigenvalue weighted by atomic mass is 9.90. The first-order chi connectivity index (χ1) is 10.3. The lowest BCUT2D eigenvalue weighted by Gasteiger charge is -2.32. The summed E-state index contributed by atoms with van der Waals surface area (Å²) in [7, 11) is 0. The summed E-state index contributed by atoms with van der Waals surface area (Å²) in [5.74, 6) is 2.16. The number of nitrogens with zero attached hydrogens (tertiary/aromatic N) is 3. The van der Waals surface area contributed by atoms with Crippen molar-refractivity contribution in [3.63, 3.8) is 0 Å². The minimum absolute atomic E-state index is 0.422. The molecule has 0 aliphatic carbocycles. The quantitative estimate of drug-likeness (QED) is 0.807. The molecule has 0 unspecified atom stereocenters. The van der Waals surface area contributed by atoms with Crippen molar-refractivity contribution in [3.05, 3.63) is 54.0 Å². The Morgan fingerprint density at radius 2 is 1.86 bits per heavy atom. The monoisotopic (exact) mass is 301 g/mol. The predicted molar refractivity (Wildman–Crippen MR) is 86.7 cm³/mol. The Labute approximate surface area is 131 Å². The van der Waals surface area contributed by atoms with Crippen molar-refractivity contribution in [2.75, 3.05) is 18.0 Å². The molecule has 110 valence electrons. The highest BCUT2D eigenvalue weighted by atomic mass is 35.5. The van der Waals surface area contributed by atoms with E-state index in [4.69, 9.17) is 11.6 Å². The lowest BCUT2D eigenvalue weighted by Crippen LogP contribution is -2.35. The summed E-state index contributed by atoms with van der Waals surface area (Å²) in [5, 5.41) is 0. The Bertz CT molecular complexity index is 565. The molecule has 1 saturated heterocycles. The standard InChI is InChI=1S/C17H20ClN3/c18-11-16-12-19-13-17(20-16)21-8-6-15(7-9-21)10-14-4-2-1-3-5-14/h1-5,12-13,15H,6-11H2. The van der Waals surface area contributed by atoms with Crippen LogP contribution in [-0.4, -0.2) is 23.1 Å². The fourth-order valence-corrected chi connectivity index (χ4v) is 3.05. The van der Waals surface area contributed by atoms with Crippen molar-refractivity contribution >= 4 is 17.4 Å². The Hall–Kier alpha value is -1.61. The van der Waals surface area contributed by atoms with Gasteiger partial charge in [0, 0.05) is 19.3 Å². The Kier molecular flexibility index (Phi) is 4.71. The molecule has 2 aromatic rings. The molecule has 0 atom stereocenters. The summed E-state index contributed by atoms with van der Waals surface area (Å²) in [6, 6.07) is 10.8. The van der Waals surface area contributed by atoms with Crippen LogP contribution >= 0.6 is 11.6 Å². The zero-order chi connectivity index (χ0) is 14.5. The van der Waals surface area contributed by atoms with E-state index < -0.39 is 0 Å². The van der Waals surface area contributed by atoms with E-state index in [9.17, 15) is 0 Å².